The van der Waals surface area contributed by atoms with Gasteiger partial charge in [-0.3, -0.25) is 4.79 Å². The lowest BCUT2D eigenvalue weighted by Gasteiger charge is -2.06. The van der Waals surface area contributed by atoms with Gasteiger partial charge in [0.05, 0.1) is 6.21 Å². The van der Waals surface area contributed by atoms with Crippen LogP contribution in [0.5, 0.6) is 0 Å². The molecule has 2 aromatic carbocycles. The molecule has 0 aliphatic heterocycles. The van der Waals surface area contributed by atoms with E-state index in [1.807, 2.05) is 55.5 Å². The summed E-state index contributed by atoms with van der Waals surface area (Å²) in [4.78, 5) is 12.9. The van der Waals surface area contributed by atoms with Crippen LogP contribution in [0.25, 0.3) is 17.1 Å². The Morgan fingerprint density at radius 2 is 1.84 bits per heavy atom. The van der Waals surface area contributed by atoms with Crippen LogP contribution in [-0.2, 0) is 0 Å². The first-order valence-corrected chi connectivity index (χ1v) is 9.98. The minimum atomic E-state index is -0.531. The molecule has 10 nitrogen and oxygen atoms in total. The van der Waals surface area contributed by atoms with Gasteiger partial charge in [-0.15, -0.1) is 5.10 Å². The number of benzene rings is 2. The fourth-order valence-corrected chi connectivity index (χ4v) is 3.08. The Morgan fingerprint density at radius 1 is 1.12 bits per heavy atom. The van der Waals surface area contributed by atoms with E-state index in [0.717, 1.165) is 11.1 Å². The molecule has 2 aromatic heterocycles. The molecule has 32 heavy (non-hydrogen) atoms. The molecule has 0 spiro atoms. The average molecular weight is 430 g/mol. The Labute approximate surface area is 184 Å². The summed E-state index contributed by atoms with van der Waals surface area (Å²) in [5, 5.41) is 19.5. The first-order chi connectivity index (χ1) is 15.4. The number of hydrogen-bond donors (Lipinski definition) is 2. The van der Waals surface area contributed by atoms with Gasteiger partial charge in [-0.05, 0) is 34.3 Å². The minimum Gasteiger partial charge on any atom is -0.378 e. The number of rotatable bonds is 6. The number of nitrogens with zero attached hydrogens (tertiary/aromatic N) is 6. The smallest absolute Gasteiger partial charge is 0.294 e. The van der Waals surface area contributed by atoms with E-state index < -0.39 is 5.91 Å². The van der Waals surface area contributed by atoms with Crippen molar-refractivity contribution in [3.8, 4) is 17.1 Å². The number of amides is 1. The molecule has 162 valence electrons. The van der Waals surface area contributed by atoms with Crippen LogP contribution in [0.1, 0.15) is 46.9 Å². The quantitative estimate of drug-likeness (QED) is 0.354. The van der Waals surface area contributed by atoms with Gasteiger partial charge in [0.2, 0.25) is 11.6 Å². The maximum atomic E-state index is 12.9. The van der Waals surface area contributed by atoms with Crippen molar-refractivity contribution in [2.75, 3.05) is 5.73 Å². The monoisotopic (exact) mass is 430 g/mol. The minimum absolute atomic E-state index is 0.0260. The summed E-state index contributed by atoms with van der Waals surface area (Å²) in [6, 6.07) is 15.5. The van der Waals surface area contributed by atoms with E-state index in [1.165, 1.54) is 10.2 Å². The molecule has 0 atom stereocenters. The zero-order chi connectivity index (χ0) is 22.7. The second-order valence-electron chi connectivity index (χ2n) is 7.56. The van der Waals surface area contributed by atoms with Crippen LogP contribution in [0.2, 0.25) is 0 Å². The van der Waals surface area contributed by atoms with Crippen LogP contribution >= 0.6 is 0 Å². The summed E-state index contributed by atoms with van der Waals surface area (Å²) >= 11 is 0. The van der Waals surface area contributed by atoms with Crippen molar-refractivity contribution in [1.82, 2.24) is 30.7 Å². The number of aryl methyl sites for hydroxylation is 1. The summed E-state index contributed by atoms with van der Waals surface area (Å²) < 4.78 is 6.00. The molecule has 0 unspecified atom stereocenters. The van der Waals surface area contributed by atoms with Gasteiger partial charge in [0.1, 0.15) is 5.69 Å². The fourth-order valence-electron chi connectivity index (χ4n) is 3.08. The number of hydrogen-bond acceptors (Lipinski definition) is 8. The molecular formula is C22H22N8O2. The summed E-state index contributed by atoms with van der Waals surface area (Å²) in [5.41, 5.74) is 12.6. The van der Waals surface area contributed by atoms with Crippen LogP contribution in [0.3, 0.4) is 0 Å². The fraction of sp³-hybridized carbons (Fsp3) is 0.182. The SMILES string of the molecule is Cc1ccc(-c2c(C(=O)N/N=C\c3ccc(C(C)C)cc3)nnn2-c2nonc2N)cc1. The number of anilines is 1. The summed E-state index contributed by atoms with van der Waals surface area (Å²) in [6.07, 6.45) is 1.57. The van der Waals surface area contributed by atoms with Crippen LogP contribution in [0.4, 0.5) is 5.82 Å². The topological polar surface area (TPSA) is 137 Å². The van der Waals surface area contributed by atoms with Crippen LogP contribution in [0, 0.1) is 6.92 Å². The predicted octanol–water partition coefficient (Wildman–Crippen LogP) is 3.10. The predicted molar refractivity (Wildman–Crippen MR) is 119 cm³/mol. The zero-order valence-corrected chi connectivity index (χ0v) is 17.9. The van der Waals surface area contributed by atoms with Crippen molar-refractivity contribution in [3.05, 3.63) is 70.9 Å². The van der Waals surface area contributed by atoms with E-state index in [1.54, 1.807) is 6.21 Å². The van der Waals surface area contributed by atoms with E-state index in [9.17, 15) is 4.79 Å². The lowest BCUT2D eigenvalue weighted by molar-refractivity contribution is 0.0950. The molecule has 0 aliphatic rings. The molecule has 0 aliphatic carbocycles. The van der Waals surface area contributed by atoms with Crippen LogP contribution in [-0.4, -0.2) is 37.4 Å². The Hall–Kier alpha value is -4.34. The standard InChI is InChI=1S/C22H22N8O2/c1-13(2)16-10-6-15(7-11-16)12-24-26-22(31)18-19(17-8-4-14(3)5-9-17)30(29-25-18)21-20(23)27-32-28-21/h4-13H,1-3H3,(H2,23,27)(H,26,31)/b24-12-. The molecule has 0 bridgehead atoms. The number of nitrogen functional groups attached to an aromatic ring is 1. The number of carbonyl (C=O) groups is 1. The Kier molecular flexibility index (Phi) is 5.75. The highest BCUT2D eigenvalue weighted by Gasteiger charge is 2.25. The molecule has 0 saturated heterocycles. The Morgan fingerprint density at radius 3 is 2.47 bits per heavy atom. The van der Waals surface area contributed by atoms with Gasteiger partial charge < -0.3 is 5.73 Å². The third kappa shape index (κ3) is 4.24. The summed E-state index contributed by atoms with van der Waals surface area (Å²) in [7, 11) is 0. The van der Waals surface area contributed by atoms with E-state index in [-0.39, 0.29) is 17.3 Å². The number of aromatic nitrogens is 5. The Balaban J connectivity index is 1.62. The van der Waals surface area contributed by atoms with Crippen molar-refractivity contribution >= 4 is 17.9 Å². The highest BCUT2D eigenvalue weighted by atomic mass is 16.6. The molecule has 4 aromatic rings. The van der Waals surface area contributed by atoms with Crippen molar-refractivity contribution < 1.29 is 9.42 Å². The van der Waals surface area contributed by atoms with Crippen LogP contribution in [0.15, 0.2) is 58.3 Å². The van der Waals surface area contributed by atoms with Crippen molar-refractivity contribution in [2.45, 2.75) is 26.7 Å². The van der Waals surface area contributed by atoms with Gasteiger partial charge in [0.15, 0.2) is 5.69 Å². The van der Waals surface area contributed by atoms with E-state index in [2.05, 4.69) is 49.6 Å². The first-order valence-electron chi connectivity index (χ1n) is 9.98. The number of nitrogens with two attached hydrogens (primary N) is 1. The van der Waals surface area contributed by atoms with Gasteiger partial charge in [-0.2, -0.15) is 9.78 Å². The van der Waals surface area contributed by atoms with Gasteiger partial charge >= 0.3 is 0 Å². The maximum Gasteiger partial charge on any atom is 0.294 e. The highest BCUT2D eigenvalue weighted by Crippen LogP contribution is 2.26. The van der Waals surface area contributed by atoms with Gasteiger partial charge in [0.25, 0.3) is 5.91 Å². The molecule has 2 heterocycles. The number of carbonyl (C=O) groups excluding carboxylic acids is 1. The van der Waals surface area contributed by atoms with Gasteiger partial charge in [-0.1, -0.05) is 73.2 Å². The number of nitrogens with one attached hydrogen (secondary N) is 1. The van der Waals surface area contributed by atoms with E-state index in [0.29, 0.717) is 17.2 Å². The second kappa shape index (κ2) is 8.80. The third-order valence-electron chi connectivity index (χ3n) is 4.89. The number of hydrazone groups is 1. The lowest BCUT2D eigenvalue weighted by Crippen LogP contribution is -2.19. The first kappa shape index (κ1) is 20.9. The van der Waals surface area contributed by atoms with Gasteiger partial charge in [-0.25, -0.2) is 10.1 Å². The normalized spacial score (nSPS) is 11.4. The summed E-state index contributed by atoms with van der Waals surface area (Å²) in [6.45, 7) is 6.23. The van der Waals surface area contributed by atoms with Crippen molar-refractivity contribution in [2.24, 2.45) is 5.10 Å². The third-order valence-corrected chi connectivity index (χ3v) is 4.89. The zero-order valence-electron chi connectivity index (χ0n) is 17.9. The molecule has 0 saturated carbocycles. The lowest BCUT2D eigenvalue weighted by atomic mass is 10.0. The molecule has 4 rings (SSSR count). The van der Waals surface area contributed by atoms with Gasteiger partial charge in [0, 0.05) is 5.56 Å². The van der Waals surface area contributed by atoms with Crippen LogP contribution < -0.4 is 11.2 Å². The van der Waals surface area contributed by atoms with E-state index in [4.69, 9.17) is 5.73 Å². The highest BCUT2D eigenvalue weighted by molar-refractivity contribution is 5.98. The molecule has 3 N–H and O–H groups in total. The van der Waals surface area contributed by atoms with Crippen molar-refractivity contribution in [1.29, 1.82) is 0 Å². The van der Waals surface area contributed by atoms with Crippen molar-refractivity contribution in [3.63, 3.8) is 0 Å². The largest absolute Gasteiger partial charge is 0.378 e. The molecule has 1 amide bonds. The van der Waals surface area contributed by atoms with E-state index >= 15 is 0 Å². The molecular weight excluding hydrogens is 408 g/mol. The molecule has 0 radical (unpaired) electrons. The average Bonchev–Trinajstić information content (AvgIpc) is 3.40. The second-order valence-corrected chi connectivity index (χ2v) is 7.56. The Bertz CT molecular complexity index is 1250. The summed E-state index contributed by atoms with van der Waals surface area (Å²) in [5.74, 6) is 0.0771. The molecule has 10 heteroatoms. The maximum absolute atomic E-state index is 12.9. The molecule has 0 fully saturated rings.